The third-order valence-electron chi connectivity index (χ3n) is 4.77. The molecule has 0 aliphatic carbocycles. The normalized spacial score (nSPS) is 28.3. The van der Waals surface area contributed by atoms with Gasteiger partial charge in [0, 0.05) is 32.0 Å². The van der Waals surface area contributed by atoms with Crippen molar-refractivity contribution in [2.45, 2.75) is 31.1 Å². The maximum absolute atomic E-state index is 11.5. The zero-order chi connectivity index (χ0) is 16.6. The van der Waals surface area contributed by atoms with Gasteiger partial charge < -0.3 is 19.7 Å². The van der Waals surface area contributed by atoms with Gasteiger partial charge in [0.25, 0.3) is 0 Å². The molecule has 0 radical (unpaired) electrons. The van der Waals surface area contributed by atoms with Gasteiger partial charge in [-0.25, -0.2) is 8.42 Å². The molecule has 4 heterocycles. The molecule has 1 unspecified atom stereocenters. The van der Waals surface area contributed by atoms with Crippen LogP contribution in [0.1, 0.15) is 19.3 Å². The Kier molecular flexibility index (Phi) is 4.05. The number of nitrogens with one attached hydrogen (secondary N) is 1. The second-order valence-electron chi connectivity index (χ2n) is 6.48. The van der Waals surface area contributed by atoms with Crippen molar-refractivity contribution in [2.24, 2.45) is 0 Å². The lowest BCUT2D eigenvalue weighted by molar-refractivity contribution is -0.169. The zero-order valence-corrected chi connectivity index (χ0v) is 14.2. The Morgan fingerprint density at radius 2 is 2.00 bits per heavy atom. The minimum atomic E-state index is -2.94. The summed E-state index contributed by atoms with van der Waals surface area (Å²) in [5.41, 5.74) is 0. The van der Waals surface area contributed by atoms with Gasteiger partial charge in [0.15, 0.2) is 21.4 Å². The molecule has 1 atom stereocenters. The van der Waals surface area contributed by atoms with E-state index in [4.69, 9.17) is 9.47 Å². The summed E-state index contributed by atoms with van der Waals surface area (Å²) in [4.78, 5) is 6.61. The Balaban J connectivity index is 1.40. The van der Waals surface area contributed by atoms with E-state index in [1.165, 1.54) is 0 Å². The van der Waals surface area contributed by atoms with Crippen LogP contribution < -0.4 is 10.2 Å². The second kappa shape index (κ2) is 6.08. The Morgan fingerprint density at radius 3 is 2.67 bits per heavy atom. The molecule has 132 valence electrons. The number of aromatic nitrogens is 3. The highest BCUT2D eigenvalue weighted by atomic mass is 32.2. The first-order chi connectivity index (χ1) is 11.5. The number of hydrogen-bond acceptors (Lipinski definition) is 9. The van der Waals surface area contributed by atoms with Gasteiger partial charge in [0.1, 0.15) is 0 Å². The summed E-state index contributed by atoms with van der Waals surface area (Å²) < 4.78 is 34.5. The highest BCUT2D eigenvalue weighted by Crippen LogP contribution is 2.32. The molecule has 1 aromatic heterocycles. The summed E-state index contributed by atoms with van der Waals surface area (Å²) in [7, 11) is -2.94. The Bertz CT molecular complexity index is 697. The summed E-state index contributed by atoms with van der Waals surface area (Å²) in [6.45, 7) is 2.87. The molecule has 24 heavy (non-hydrogen) atoms. The highest BCUT2D eigenvalue weighted by molar-refractivity contribution is 7.91. The van der Waals surface area contributed by atoms with E-state index in [1.807, 2.05) is 0 Å². The van der Waals surface area contributed by atoms with Crippen LogP contribution in [0, 0.1) is 0 Å². The summed E-state index contributed by atoms with van der Waals surface area (Å²) >= 11 is 0. The molecule has 1 aromatic rings. The molecular weight excluding hydrogens is 334 g/mol. The van der Waals surface area contributed by atoms with E-state index >= 15 is 0 Å². The monoisotopic (exact) mass is 355 g/mol. The summed E-state index contributed by atoms with van der Waals surface area (Å²) in [5, 5.41) is 11.1. The standard InChI is InChI=1S/C14H21N5O4S/c20-24(21)8-1-11(10-24)16-13-17-12(9-15-18-13)19-4-2-14(3-5-19)22-6-7-23-14/h9,11H,1-8,10H2,(H,16,17,18). The van der Waals surface area contributed by atoms with Crippen LogP contribution in [-0.4, -0.2) is 73.2 Å². The summed E-state index contributed by atoms with van der Waals surface area (Å²) in [6, 6.07) is -0.142. The van der Waals surface area contributed by atoms with Crippen molar-refractivity contribution in [3.63, 3.8) is 0 Å². The number of sulfone groups is 1. The molecule has 1 N–H and O–H groups in total. The van der Waals surface area contributed by atoms with Crippen LogP contribution in [0.4, 0.5) is 11.8 Å². The van der Waals surface area contributed by atoms with Crippen molar-refractivity contribution >= 4 is 21.6 Å². The fourth-order valence-corrected chi connectivity index (χ4v) is 5.14. The summed E-state index contributed by atoms with van der Waals surface area (Å²) in [5.74, 6) is 1.04. The van der Waals surface area contributed by atoms with Gasteiger partial charge in [0.2, 0.25) is 5.95 Å². The van der Waals surface area contributed by atoms with Crippen molar-refractivity contribution < 1.29 is 17.9 Å². The molecule has 3 saturated heterocycles. The topological polar surface area (TPSA) is 107 Å². The van der Waals surface area contributed by atoms with Crippen molar-refractivity contribution in [3.05, 3.63) is 6.20 Å². The van der Waals surface area contributed by atoms with E-state index < -0.39 is 15.6 Å². The zero-order valence-electron chi connectivity index (χ0n) is 13.3. The first kappa shape index (κ1) is 16.0. The van der Waals surface area contributed by atoms with Crippen molar-refractivity contribution in [2.75, 3.05) is 48.0 Å². The number of ether oxygens (including phenoxy) is 2. The van der Waals surface area contributed by atoms with E-state index in [0.29, 0.717) is 25.6 Å². The average Bonchev–Trinajstić information content (AvgIpc) is 3.15. The molecule has 0 amide bonds. The molecule has 1 spiro atoms. The molecule has 4 rings (SSSR count). The molecule has 0 bridgehead atoms. The first-order valence-corrected chi connectivity index (χ1v) is 10.1. The predicted octanol–water partition coefficient (Wildman–Crippen LogP) is -0.186. The average molecular weight is 355 g/mol. The first-order valence-electron chi connectivity index (χ1n) is 8.23. The molecule has 10 heteroatoms. The number of nitrogens with zero attached hydrogens (tertiary/aromatic N) is 4. The van der Waals surface area contributed by atoms with Gasteiger partial charge >= 0.3 is 0 Å². The molecule has 3 aliphatic rings. The largest absolute Gasteiger partial charge is 0.355 e. The number of piperidine rings is 1. The fourth-order valence-electron chi connectivity index (χ4n) is 3.46. The van der Waals surface area contributed by atoms with Gasteiger partial charge in [-0.15, -0.1) is 5.10 Å². The lowest BCUT2D eigenvalue weighted by Gasteiger charge is -2.37. The van der Waals surface area contributed by atoms with Crippen LogP contribution >= 0.6 is 0 Å². The molecule has 0 aromatic carbocycles. The smallest absolute Gasteiger partial charge is 0.244 e. The highest BCUT2D eigenvalue weighted by Gasteiger charge is 2.40. The van der Waals surface area contributed by atoms with Crippen LogP contribution in [0.15, 0.2) is 6.20 Å². The van der Waals surface area contributed by atoms with Gasteiger partial charge in [-0.05, 0) is 6.42 Å². The quantitative estimate of drug-likeness (QED) is 0.789. The van der Waals surface area contributed by atoms with Crippen molar-refractivity contribution in [1.29, 1.82) is 0 Å². The molecule has 0 saturated carbocycles. The second-order valence-corrected chi connectivity index (χ2v) is 8.71. The number of anilines is 2. The van der Waals surface area contributed by atoms with E-state index in [2.05, 4.69) is 25.4 Å². The number of hydrogen-bond donors (Lipinski definition) is 1. The number of rotatable bonds is 3. The SMILES string of the molecule is O=S1(=O)CCC(Nc2nncc(N3CCC4(CC3)OCCO4)n2)C1. The molecular formula is C14H21N5O4S. The van der Waals surface area contributed by atoms with Gasteiger partial charge in [-0.1, -0.05) is 0 Å². The van der Waals surface area contributed by atoms with Crippen LogP contribution in [-0.2, 0) is 19.3 Å². The van der Waals surface area contributed by atoms with Crippen molar-refractivity contribution in [1.82, 2.24) is 15.2 Å². The van der Waals surface area contributed by atoms with E-state index in [-0.39, 0.29) is 17.5 Å². The van der Waals surface area contributed by atoms with Gasteiger partial charge in [-0.2, -0.15) is 10.1 Å². The maximum Gasteiger partial charge on any atom is 0.244 e. The maximum atomic E-state index is 11.5. The lowest BCUT2D eigenvalue weighted by atomic mass is 10.0. The lowest BCUT2D eigenvalue weighted by Crippen LogP contribution is -2.45. The molecule has 9 nitrogen and oxygen atoms in total. The fraction of sp³-hybridized carbons (Fsp3) is 0.786. The summed E-state index contributed by atoms with van der Waals surface area (Å²) in [6.07, 6.45) is 3.79. The van der Waals surface area contributed by atoms with E-state index in [9.17, 15) is 8.42 Å². The predicted molar refractivity (Wildman–Crippen MR) is 86.6 cm³/mol. The third kappa shape index (κ3) is 3.31. The minimum absolute atomic E-state index is 0.126. The Morgan fingerprint density at radius 1 is 1.25 bits per heavy atom. The van der Waals surface area contributed by atoms with Crippen LogP contribution in [0.2, 0.25) is 0 Å². The minimum Gasteiger partial charge on any atom is -0.355 e. The van der Waals surface area contributed by atoms with E-state index in [0.717, 1.165) is 31.7 Å². The Hall–Kier alpha value is -1.52. The van der Waals surface area contributed by atoms with Gasteiger partial charge in [0.05, 0.1) is 30.9 Å². The van der Waals surface area contributed by atoms with Gasteiger partial charge in [-0.3, -0.25) is 0 Å². The van der Waals surface area contributed by atoms with Crippen LogP contribution in [0.25, 0.3) is 0 Å². The molecule has 3 fully saturated rings. The molecule has 3 aliphatic heterocycles. The van der Waals surface area contributed by atoms with Crippen LogP contribution in [0.5, 0.6) is 0 Å². The Labute approximate surface area is 140 Å². The van der Waals surface area contributed by atoms with Crippen LogP contribution in [0.3, 0.4) is 0 Å². The third-order valence-corrected chi connectivity index (χ3v) is 6.54. The van der Waals surface area contributed by atoms with Crippen molar-refractivity contribution in [3.8, 4) is 0 Å². The van der Waals surface area contributed by atoms with E-state index in [1.54, 1.807) is 6.20 Å².